The second-order valence-electron chi connectivity index (χ2n) is 6.30. The normalized spacial score (nSPS) is 27.3. The number of ether oxygens (including phenoxy) is 1. The fraction of sp³-hybridized carbons (Fsp3) is 0.368. The molecular weight excluding hydrogens is 258 g/mol. The molecule has 21 heavy (non-hydrogen) atoms. The van der Waals surface area contributed by atoms with Gasteiger partial charge in [0.1, 0.15) is 5.75 Å². The Morgan fingerprint density at radius 1 is 0.857 bits per heavy atom. The van der Waals surface area contributed by atoms with Gasteiger partial charge in [-0.1, -0.05) is 48.5 Å². The van der Waals surface area contributed by atoms with E-state index in [1.807, 2.05) is 30.3 Å². The Balaban J connectivity index is 1.24. The molecule has 2 heteroatoms. The van der Waals surface area contributed by atoms with E-state index in [-0.39, 0.29) is 0 Å². The lowest BCUT2D eigenvalue weighted by molar-refractivity contribution is 0.230. The number of rotatable bonds is 5. The maximum absolute atomic E-state index is 5.90. The first kappa shape index (κ1) is 12.9. The zero-order chi connectivity index (χ0) is 14.1. The lowest BCUT2D eigenvalue weighted by Crippen LogP contribution is -2.25. The third-order valence-electron chi connectivity index (χ3n) is 4.88. The molecule has 2 aliphatic rings. The van der Waals surface area contributed by atoms with Gasteiger partial charge in [-0.25, -0.2) is 0 Å². The molecule has 2 nitrogen and oxygen atoms in total. The van der Waals surface area contributed by atoms with E-state index in [0.717, 1.165) is 36.7 Å². The van der Waals surface area contributed by atoms with Gasteiger partial charge in [-0.15, -0.1) is 0 Å². The van der Waals surface area contributed by atoms with Gasteiger partial charge in [-0.3, -0.25) is 4.90 Å². The standard InChI is InChI=1S/C19H21NO/c1-3-7-15(8-4-1)11-20-12-17-18(13-20)19(17)14-21-16-9-5-2-6-10-16/h1-10,17-19H,11-14H2/t17-,18+,19+. The highest BCUT2D eigenvalue weighted by Crippen LogP contribution is 2.51. The van der Waals surface area contributed by atoms with Crippen molar-refractivity contribution in [1.29, 1.82) is 0 Å². The van der Waals surface area contributed by atoms with Gasteiger partial charge in [0.25, 0.3) is 0 Å². The highest BCUT2D eigenvalue weighted by molar-refractivity contribution is 5.21. The van der Waals surface area contributed by atoms with Crippen molar-refractivity contribution in [3.63, 3.8) is 0 Å². The SMILES string of the molecule is c1ccc(CN2C[C@@H]3[C@@H](COc4ccccc4)[C@@H]3C2)cc1. The van der Waals surface area contributed by atoms with Crippen LogP contribution in [0.25, 0.3) is 0 Å². The first-order valence-corrected chi connectivity index (χ1v) is 7.84. The summed E-state index contributed by atoms with van der Waals surface area (Å²) in [6.45, 7) is 4.46. The lowest BCUT2D eigenvalue weighted by Gasteiger charge is -2.19. The van der Waals surface area contributed by atoms with Crippen molar-refractivity contribution in [2.45, 2.75) is 6.54 Å². The molecule has 0 radical (unpaired) electrons. The Hall–Kier alpha value is -1.80. The fourth-order valence-electron chi connectivity index (χ4n) is 3.66. The number of fused-ring (bicyclic) bond motifs is 1. The molecule has 1 saturated carbocycles. The number of hydrogen-bond acceptors (Lipinski definition) is 2. The zero-order valence-electron chi connectivity index (χ0n) is 12.2. The number of para-hydroxylation sites is 1. The molecule has 0 unspecified atom stereocenters. The number of nitrogens with zero attached hydrogens (tertiary/aromatic N) is 1. The quantitative estimate of drug-likeness (QED) is 0.831. The van der Waals surface area contributed by atoms with E-state index in [9.17, 15) is 0 Å². The summed E-state index contributed by atoms with van der Waals surface area (Å²) in [5, 5.41) is 0. The van der Waals surface area contributed by atoms with Crippen LogP contribution >= 0.6 is 0 Å². The van der Waals surface area contributed by atoms with Gasteiger partial charge < -0.3 is 4.74 Å². The van der Waals surface area contributed by atoms with Gasteiger partial charge in [-0.05, 0) is 29.5 Å². The Morgan fingerprint density at radius 2 is 1.48 bits per heavy atom. The molecule has 0 amide bonds. The van der Waals surface area contributed by atoms with Gasteiger partial charge in [0.2, 0.25) is 0 Å². The van der Waals surface area contributed by atoms with E-state index >= 15 is 0 Å². The summed E-state index contributed by atoms with van der Waals surface area (Å²) in [5.74, 6) is 3.50. The molecule has 0 N–H and O–H groups in total. The van der Waals surface area contributed by atoms with Crippen LogP contribution in [0.2, 0.25) is 0 Å². The van der Waals surface area contributed by atoms with E-state index in [4.69, 9.17) is 4.74 Å². The van der Waals surface area contributed by atoms with E-state index in [2.05, 4.69) is 35.2 Å². The molecule has 2 aromatic carbocycles. The summed E-state index contributed by atoms with van der Waals surface area (Å²) in [6, 6.07) is 21.0. The number of hydrogen-bond donors (Lipinski definition) is 0. The van der Waals surface area contributed by atoms with Crippen LogP contribution in [-0.4, -0.2) is 24.6 Å². The number of piperidine rings is 1. The predicted molar refractivity (Wildman–Crippen MR) is 84.1 cm³/mol. The minimum Gasteiger partial charge on any atom is -0.493 e. The van der Waals surface area contributed by atoms with Gasteiger partial charge in [-0.2, -0.15) is 0 Å². The molecule has 3 atom stereocenters. The van der Waals surface area contributed by atoms with E-state index in [1.54, 1.807) is 0 Å². The van der Waals surface area contributed by atoms with Crippen molar-refractivity contribution >= 4 is 0 Å². The van der Waals surface area contributed by atoms with Crippen LogP contribution < -0.4 is 4.74 Å². The molecular formula is C19H21NO. The maximum Gasteiger partial charge on any atom is 0.119 e. The first-order valence-electron chi connectivity index (χ1n) is 7.84. The first-order chi connectivity index (χ1) is 10.4. The highest BCUT2D eigenvalue weighted by atomic mass is 16.5. The second kappa shape index (κ2) is 5.53. The highest BCUT2D eigenvalue weighted by Gasteiger charge is 2.55. The van der Waals surface area contributed by atoms with Crippen molar-refractivity contribution in [1.82, 2.24) is 4.90 Å². The maximum atomic E-state index is 5.90. The molecule has 1 heterocycles. The smallest absolute Gasteiger partial charge is 0.119 e. The molecule has 1 saturated heterocycles. The topological polar surface area (TPSA) is 12.5 Å². The molecule has 0 bridgehead atoms. The minimum atomic E-state index is 0.775. The summed E-state index contributed by atoms with van der Waals surface area (Å²) in [6.07, 6.45) is 0. The van der Waals surface area contributed by atoms with Gasteiger partial charge in [0.05, 0.1) is 6.61 Å². The molecule has 0 aromatic heterocycles. The summed E-state index contributed by atoms with van der Waals surface area (Å²) >= 11 is 0. The van der Waals surface area contributed by atoms with Crippen molar-refractivity contribution in [3.05, 3.63) is 66.2 Å². The monoisotopic (exact) mass is 279 g/mol. The fourth-order valence-corrected chi connectivity index (χ4v) is 3.66. The second-order valence-corrected chi connectivity index (χ2v) is 6.30. The Labute approximate surface area is 126 Å². The molecule has 0 spiro atoms. The van der Waals surface area contributed by atoms with Crippen LogP contribution in [0, 0.1) is 17.8 Å². The van der Waals surface area contributed by atoms with Crippen LogP contribution in [0.4, 0.5) is 0 Å². The molecule has 2 fully saturated rings. The predicted octanol–water partition coefficient (Wildman–Crippen LogP) is 3.44. The van der Waals surface area contributed by atoms with E-state index in [0.29, 0.717) is 0 Å². The van der Waals surface area contributed by atoms with Crippen molar-refractivity contribution in [2.24, 2.45) is 17.8 Å². The largest absolute Gasteiger partial charge is 0.493 e. The van der Waals surface area contributed by atoms with Crippen molar-refractivity contribution in [3.8, 4) is 5.75 Å². The van der Waals surface area contributed by atoms with Crippen molar-refractivity contribution in [2.75, 3.05) is 19.7 Å². The minimum absolute atomic E-state index is 0.775. The molecule has 2 aromatic rings. The summed E-state index contributed by atoms with van der Waals surface area (Å²) in [5.41, 5.74) is 1.43. The van der Waals surface area contributed by atoms with Crippen molar-refractivity contribution < 1.29 is 4.74 Å². The lowest BCUT2D eigenvalue weighted by atomic mass is 10.2. The van der Waals surface area contributed by atoms with Crippen LogP contribution in [0.1, 0.15) is 5.56 Å². The molecule has 1 aliphatic carbocycles. The molecule has 4 rings (SSSR count). The Kier molecular flexibility index (Phi) is 3.40. The third-order valence-corrected chi connectivity index (χ3v) is 4.88. The Morgan fingerprint density at radius 3 is 2.14 bits per heavy atom. The van der Waals surface area contributed by atoms with Crippen LogP contribution in [0.5, 0.6) is 5.75 Å². The number of likely N-dealkylation sites (tertiary alicyclic amines) is 1. The van der Waals surface area contributed by atoms with Gasteiger partial charge in [0, 0.05) is 25.6 Å². The van der Waals surface area contributed by atoms with Crippen LogP contribution in [0.3, 0.4) is 0 Å². The van der Waals surface area contributed by atoms with Gasteiger partial charge in [0.15, 0.2) is 0 Å². The third kappa shape index (κ3) is 2.81. The van der Waals surface area contributed by atoms with Gasteiger partial charge >= 0.3 is 0 Å². The van der Waals surface area contributed by atoms with Crippen LogP contribution in [0.15, 0.2) is 60.7 Å². The summed E-state index contributed by atoms with van der Waals surface area (Å²) < 4.78 is 5.90. The summed E-state index contributed by atoms with van der Waals surface area (Å²) in [7, 11) is 0. The molecule has 1 aliphatic heterocycles. The number of benzene rings is 2. The summed E-state index contributed by atoms with van der Waals surface area (Å²) in [4.78, 5) is 2.59. The Bertz CT molecular complexity index is 571. The average molecular weight is 279 g/mol. The molecule has 108 valence electrons. The van der Waals surface area contributed by atoms with E-state index < -0.39 is 0 Å². The average Bonchev–Trinajstić information content (AvgIpc) is 2.99. The zero-order valence-corrected chi connectivity index (χ0v) is 12.2. The van der Waals surface area contributed by atoms with E-state index in [1.165, 1.54) is 18.7 Å². The van der Waals surface area contributed by atoms with Crippen LogP contribution in [-0.2, 0) is 6.54 Å².